The van der Waals surface area contributed by atoms with Crippen LogP contribution in [0.3, 0.4) is 0 Å². The molecule has 17 rings (SSSR count). The molecule has 0 N–H and O–H groups in total. The number of benzene rings is 13. The minimum atomic E-state index is -4.49. The molecule has 4 aromatic heterocycles. The summed E-state index contributed by atoms with van der Waals surface area (Å²) in [5, 5.41) is 3.71. The van der Waals surface area contributed by atoms with Crippen molar-refractivity contribution in [2.24, 2.45) is 0 Å². The van der Waals surface area contributed by atoms with E-state index in [0.29, 0.717) is 62.8 Å². The smallest absolute Gasteiger partial charge is 0.309 e. The van der Waals surface area contributed by atoms with E-state index in [1.54, 1.807) is 26.0 Å². The third-order valence-electron chi connectivity index (χ3n) is 18.9. The number of halogens is 6. The van der Waals surface area contributed by atoms with E-state index in [9.17, 15) is 26.3 Å². The number of para-hydroxylation sites is 2. The van der Waals surface area contributed by atoms with Crippen molar-refractivity contribution in [3.05, 3.63) is 326 Å². The molecular formula is C88H56F6N8. The second-order valence-electron chi connectivity index (χ2n) is 25.4. The molecule has 13 aromatic carbocycles. The fourth-order valence-electron chi connectivity index (χ4n) is 14.0. The Labute approximate surface area is 581 Å². The molecule has 0 atom stereocenters. The van der Waals surface area contributed by atoms with Crippen LogP contribution in [0.25, 0.3) is 168 Å². The molecule has 14 heteroatoms. The van der Waals surface area contributed by atoms with Crippen LogP contribution in [0.15, 0.2) is 303 Å². The van der Waals surface area contributed by atoms with E-state index in [1.807, 2.05) is 176 Å². The summed E-state index contributed by atoms with van der Waals surface area (Å²) in [4.78, 5) is 31.1. The molecule has 490 valence electrons. The third kappa shape index (κ3) is 11.6. The average Bonchev–Trinajstić information content (AvgIpc) is 1.56. The number of hydrogen-bond donors (Lipinski definition) is 0. The van der Waals surface area contributed by atoms with Crippen molar-refractivity contribution in [2.45, 2.75) is 26.2 Å². The number of nitrogens with zero attached hydrogens (tertiary/aromatic N) is 8. The van der Waals surface area contributed by atoms with E-state index in [1.165, 1.54) is 12.1 Å². The van der Waals surface area contributed by atoms with Crippen molar-refractivity contribution >= 4 is 43.6 Å². The number of rotatable bonds is 12. The van der Waals surface area contributed by atoms with Gasteiger partial charge in [-0.1, -0.05) is 200 Å². The zero-order valence-corrected chi connectivity index (χ0v) is 54.7. The van der Waals surface area contributed by atoms with Gasteiger partial charge < -0.3 is 9.13 Å². The maximum atomic E-state index is 14.0. The predicted molar refractivity (Wildman–Crippen MR) is 396 cm³/mol. The summed E-state index contributed by atoms with van der Waals surface area (Å²) in [6.07, 6.45) is -8.97. The first-order valence-corrected chi connectivity index (χ1v) is 33.2. The topological polar surface area (TPSA) is 87.2 Å². The Kier molecular flexibility index (Phi) is 15.4. The SMILES string of the molecule is Cc1cc(C(F)(F)F)ccc1-c1ccc2c(c1)c1ccccc1n2-c1cc(-c2cccc(-c3cc(-c4nc(-c5ccccc5)nc(-c5ccccc5)n4)ccc3-n3c4ccccc4c4cc(-c5ccc(C(F)(F)F)cc5C)ccc43)c2)cc(-c2nc(-c3ccccc3)nc(-c3ccccc3)n2)c1. The van der Waals surface area contributed by atoms with Gasteiger partial charge in [-0.3, -0.25) is 0 Å². The molecule has 0 unspecified atom stereocenters. The molecule has 0 fully saturated rings. The van der Waals surface area contributed by atoms with Gasteiger partial charge in [0, 0.05) is 66.2 Å². The average molecular weight is 1340 g/mol. The van der Waals surface area contributed by atoms with Gasteiger partial charge in [-0.05, 0) is 167 Å². The molecule has 17 aromatic rings. The number of alkyl halides is 6. The lowest BCUT2D eigenvalue weighted by Gasteiger charge is -2.18. The van der Waals surface area contributed by atoms with Crippen molar-refractivity contribution in [1.82, 2.24) is 39.0 Å². The summed E-state index contributed by atoms with van der Waals surface area (Å²) < 4.78 is 88.6. The Bertz CT molecular complexity index is 6010. The highest BCUT2D eigenvalue weighted by molar-refractivity contribution is 6.12. The van der Waals surface area contributed by atoms with Crippen molar-refractivity contribution < 1.29 is 26.3 Å². The maximum Gasteiger partial charge on any atom is 0.416 e. The van der Waals surface area contributed by atoms with Gasteiger partial charge in [0.1, 0.15) is 0 Å². The van der Waals surface area contributed by atoms with Crippen LogP contribution in [0.4, 0.5) is 26.3 Å². The molecule has 4 heterocycles. The normalized spacial score (nSPS) is 11.9. The number of aromatic nitrogens is 8. The Morgan fingerprint density at radius 3 is 1.05 bits per heavy atom. The molecular weight excluding hydrogens is 1280 g/mol. The van der Waals surface area contributed by atoms with Crippen LogP contribution in [-0.4, -0.2) is 39.0 Å². The van der Waals surface area contributed by atoms with Crippen LogP contribution in [0.1, 0.15) is 22.3 Å². The third-order valence-corrected chi connectivity index (χ3v) is 18.9. The molecule has 8 nitrogen and oxygen atoms in total. The van der Waals surface area contributed by atoms with E-state index in [4.69, 9.17) is 29.9 Å². The lowest BCUT2D eigenvalue weighted by Crippen LogP contribution is -2.05. The number of hydrogen-bond acceptors (Lipinski definition) is 6. The lowest BCUT2D eigenvalue weighted by molar-refractivity contribution is -0.138. The van der Waals surface area contributed by atoms with Gasteiger partial charge in [-0.15, -0.1) is 0 Å². The van der Waals surface area contributed by atoms with Crippen LogP contribution >= 0.6 is 0 Å². The molecule has 0 spiro atoms. The molecule has 0 aliphatic carbocycles. The predicted octanol–water partition coefficient (Wildman–Crippen LogP) is 23.6. The second kappa shape index (κ2) is 25.1. The highest BCUT2D eigenvalue weighted by atomic mass is 19.4. The summed E-state index contributed by atoms with van der Waals surface area (Å²) in [6, 6.07) is 96.7. The molecule has 102 heavy (non-hydrogen) atoms. The molecule has 0 radical (unpaired) electrons. The van der Waals surface area contributed by atoms with Gasteiger partial charge in [0.2, 0.25) is 0 Å². The fraction of sp³-hybridized carbons (Fsp3) is 0.0455. The monoisotopic (exact) mass is 1340 g/mol. The summed E-state index contributed by atoms with van der Waals surface area (Å²) in [5.74, 6) is 2.88. The molecule has 0 aliphatic rings. The van der Waals surface area contributed by atoms with Crippen LogP contribution in [0.5, 0.6) is 0 Å². The van der Waals surface area contributed by atoms with Gasteiger partial charge in [-0.25, -0.2) is 29.9 Å². The van der Waals surface area contributed by atoms with Crippen LogP contribution in [-0.2, 0) is 12.4 Å². The van der Waals surface area contributed by atoms with Crippen LogP contribution in [0.2, 0.25) is 0 Å². The van der Waals surface area contributed by atoms with E-state index in [-0.39, 0.29) is 0 Å². The highest BCUT2D eigenvalue weighted by Gasteiger charge is 2.32. The van der Waals surface area contributed by atoms with Crippen molar-refractivity contribution in [1.29, 1.82) is 0 Å². The van der Waals surface area contributed by atoms with E-state index in [2.05, 4.69) is 100 Å². The van der Waals surface area contributed by atoms with Gasteiger partial charge >= 0.3 is 12.4 Å². The van der Waals surface area contributed by atoms with Crippen LogP contribution < -0.4 is 0 Å². The first-order valence-electron chi connectivity index (χ1n) is 33.2. The summed E-state index contributed by atoms with van der Waals surface area (Å²) in [7, 11) is 0. The fourth-order valence-corrected chi connectivity index (χ4v) is 14.0. The van der Waals surface area contributed by atoms with Gasteiger partial charge in [0.05, 0.1) is 38.9 Å². The Balaban J connectivity index is 0.895. The largest absolute Gasteiger partial charge is 0.416 e. The second-order valence-corrected chi connectivity index (χ2v) is 25.4. The zero-order valence-electron chi connectivity index (χ0n) is 54.7. The maximum absolute atomic E-state index is 14.0. The minimum Gasteiger partial charge on any atom is -0.309 e. The summed E-state index contributed by atoms with van der Waals surface area (Å²) in [5.41, 5.74) is 15.8. The van der Waals surface area contributed by atoms with E-state index < -0.39 is 23.5 Å². The summed E-state index contributed by atoms with van der Waals surface area (Å²) >= 11 is 0. The first-order chi connectivity index (χ1) is 49.6. The molecule has 0 saturated carbocycles. The quantitative estimate of drug-likeness (QED) is 0.113. The first kappa shape index (κ1) is 62.6. The molecule has 0 bridgehead atoms. The Morgan fingerprint density at radius 2 is 0.588 bits per heavy atom. The van der Waals surface area contributed by atoms with Crippen molar-refractivity contribution in [3.63, 3.8) is 0 Å². The van der Waals surface area contributed by atoms with Crippen molar-refractivity contribution in [3.8, 4) is 124 Å². The van der Waals surface area contributed by atoms with E-state index >= 15 is 0 Å². The van der Waals surface area contributed by atoms with Crippen LogP contribution in [0, 0.1) is 13.8 Å². The zero-order chi connectivity index (χ0) is 69.4. The number of fused-ring (bicyclic) bond motifs is 6. The minimum absolute atomic E-state index is 0.433. The van der Waals surface area contributed by atoms with Gasteiger partial charge in [0.15, 0.2) is 34.9 Å². The molecule has 0 saturated heterocycles. The Morgan fingerprint density at radius 1 is 0.235 bits per heavy atom. The summed E-state index contributed by atoms with van der Waals surface area (Å²) in [6.45, 7) is 3.42. The standard InChI is InChI=1S/C88H56F6N8/c1-53-44-66(87(89,90)91)37-39-69(53)61-34-41-79-74(50-61)71-30-15-17-32-76(71)101(79)68-48-64(47-65(49-68)86-99-83(57-24-11-5-12-25-57)96-84(100-86)58-26-13-6-14-27-58)59-28-19-29-60(46-59)73-52-63(85-97-81(55-20-7-3-8-21-55)95-82(98-85)56-22-9-4-10-23-56)36-43-78(73)102-77-33-18-16-31-72(77)75-51-62(35-42-80(75)102)70-40-38-67(45-54(70)2)88(92,93)94/h3-52H,1-2H3. The number of aryl methyl sites for hydroxylation is 2. The lowest BCUT2D eigenvalue weighted by atomic mass is 9.95. The van der Waals surface area contributed by atoms with Gasteiger partial charge in [-0.2, -0.15) is 26.3 Å². The molecule has 0 amide bonds. The Hall–Kier alpha value is -12.9. The molecule has 0 aliphatic heterocycles. The highest BCUT2D eigenvalue weighted by Crippen LogP contribution is 2.45. The van der Waals surface area contributed by atoms with Gasteiger partial charge in [0.25, 0.3) is 0 Å². The van der Waals surface area contributed by atoms with E-state index in [0.717, 1.165) is 128 Å². The van der Waals surface area contributed by atoms with Crippen molar-refractivity contribution in [2.75, 3.05) is 0 Å².